The smallest absolute Gasteiger partial charge is 0.282 e. The van der Waals surface area contributed by atoms with E-state index in [-0.39, 0.29) is 28.5 Å². The predicted octanol–water partition coefficient (Wildman–Crippen LogP) is 4.99. The van der Waals surface area contributed by atoms with Gasteiger partial charge in [-0.3, -0.25) is 4.79 Å². The van der Waals surface area contributed by atoms with Crippen molar-refractivity contribution in [3.05, 3.63) is 88.4 Å². The maximum absolute atomic E-state index is 13.1. The highest BCUT2D eigenvalue weighted by molar-refractivity contribution is 9.10. The molecule has 0 N–H and O–H groups in total. The van der Waals surface area contributed by atoms with Crippen molar-refractivity contribution in [2.24, 2.45) is 9.39 Å². The van der Waals surface area contributed by atoms with Gasteiger partial charge in [-0.05, 0) is 36.4 Å². The third-order valence-electron chi connectivity index (χ3n) is 4.76. The van der Waals surface area contributed by atoms with Gasteiger partial charge in [-0.1, -0.05) is 52.3 Å². The van der Waals surface area contributed by atoms with Crippen molar-refractivity contribution in [2.45, 2.75) is 11.3 Å². The minimum atomic E-state index is -3.97. The quantitative estimate of drug-likeness (QED) is 0.508. The molecule has 0 atom stereocenters. The van der Waals surface area contributed by atoms with E-state index in [2.05, 4.69) is 25.3 Å². The van der Waals surface area contributed by atoms with E-state index >= 15 is 0 Å². The average molecular weight is 497 g/mol. The van der Waals surface area contributed by atoms with Crippen LogP contribution in [0, 0.1) is 0 Å². The Bertz CT molecular complexity index is 1330. The van der Waals surface area contributed by atoms with Crippen molar-refractivity contribution < 1.29 is 17.9 Å². The molecule has 0 fully saturated rings. The van der Waals surface area contributed by atoms with Crippen LogP contribution in [0.4, 0.5) is 5.69 Å². The van der Waals surface area contributed by atoms with Gasteiger partial charge in [0.05, 0.1) is 23.4 Å². The minimum absolute atomic E-state index is 0.0103. The summed E-state index contributed by atoms with van der Waals surface area (Å²) in [5.74, 6) is 0.254. The van der Waals surface area contributed by atoms with Crippen molar-refractivity contribution in [2.75, 3.05) is 7.11 Å². The summed E-state index contributed by atoms with van der Waals surface area (Å²) >= 11 is 3.30. The van der Waals surface area contributed by atoms with Gasteiger partial charge in [0.15, 0.2) is 0 Å². The molecule has 31 heavy (non-hydrogen) atoms. The van der Waals surface area contributed by atoms with Crippen molar-refractivity contribution in [3.8, 4) is 5.75 Å². The van der Waals surface area contributed by atoms with Crippen LogP contribution in [0.3, 0.4) is 0 Å². The molecule has 6 nitrogen and oxygen atoms in total. The Balaban J connectivity index is 1.84. The topological polar surface area (TPSA) is 85.2 Å². The fraction of sp³-hybridized carbons (Fsp3) is 0.0870. The first-order valence-electron chi connectivity index (χ1n) is 9.33. The zero-order chi connectivity index (χ0) is 22.0. The molecule has 156 valence electrons. The highest BCUT2D eigenvalue weighted by Gasteiger charge is 2.29. The Kier molecular flexibility index (Phi) is 5.84. The van der Waals surface area contributed by atoms with Crippen LogP contribution in [0.1, 0.15) is 22.3 Å². The second kappa shape index (κ2) is 8.56. The minimum Gasteiger partial charge on any atom is -0.494 e. The first kappa shape index (κ1) is 21.1. The summed E-state index contributed by atoms with van der Waals surface area (Å²) in [6, 6.07) is 20.1. The van der Waals surface area contributed by atoms with Crippen molar-refractivity contribution >= 4 is 48.8 Å². The molecule has 3 aromatic carbocycles. The number of ether oxygens (including phenoxy) is 1. The second-order valence-corrected chi connectivity index (χ2v) is 9.27. The number of hydrogen-bond donors (Lipinski definition) is 0. The number of rotatable bonds is 4. The number of para-hydroxylation sites is 2. The Morgan fingerprint density at radius 3 is 2.23 bits per heavy atom. The number of halogens is 1. The van der Waals surface area contributed by atoms with Crippen LogP contribution < -0.4 is 4.74 Å². The molecule has 1 aliphatic rings. The molecule has 4 rings (SSSR count). The number of hydrogen-bond acceptors (Lipinski definition) is 5. The van der Waals surface area contributed by atoms with E-state index in [0.29, 0.717) is 22.6 Å². The number of Topliss-reactive ketones (excluding diaryl/α,β-unsaturated/α-hetero) is 1. The maximum Gasteiger partial charge on any atom is 0.282 e. The van der Waals surface area contributed by atoms with Crippen LogP contribution in [-0.4, -0.2) is 32.7 Å². The molecule has 0 radical (unpaired) electrons. The van der Waals surface area contributed by atoms with E-state index < -0.39 is 10.0 Å². The summed E-state index contributed by atoms with van der Waals surface area (Å²) in [6.45, 7) is 0. The predicted molar refractivity (Wildman–Crippen MR) is 123 cm³/mol. The van der Waals surface area contributed by atoms with E-state index in [1.54, 1.807) is 60.7 Å². The molecule has 0 saturated carbocycles. The van der Waals surface area contributed by atoms with Gasteiger partial charge in [-0.25, -0.2) is 4.99 Å². The zero-order valence-corrected chi connectivity index (χ0v) is 18.9. The Morgan fingerprint density at radius 1 is 0.871 bits per heavy atom. The number of aliphatic imine (C=N–C) groups is 1. The summed E-state index contributed by atoms with van der Waals surface area (Å²) in [5.41, 5.74) is 1.82. The molecule has 0 spiro atoms. The third kappa shape index (κ3) is 4.35. The molecule has 0 unspecified atom stereocenters. The van der Waals surface area contributed by atoms with E-state index in [1.165, 1.54) is 19.2 Å². The first-order chi connectivity index (χ1) is 14.9. The largest absolute Gasteiger partial charge is 0.494 e. The highest BCUT2D eigenvalue weighted by Crippen LogP contribution is 2.30. The fourth-order valence-corrected chi connectivity index (χ4v) is 4.57. The number of nitrogens with zero attached hydrogens (tertiary/aromatic N) is 2. The lowest BCUT2D eigenvalue weighted by Gasteiger charge is -2.19. The highest BCUT2D eigenvalue weighted by atomic mass is 79.9. The third-order valence-corrected chi connectivity index (χ3v) is 6.62. The molecule has 0 aliphatic heterocycles. The second-order valence-electron chi connectivity index (χ2n) is 6.75. The molecule has 3 aromatic rings. The van der Waals surface area contributed by atoms with Crippen LogP contribution in [-0.2, 0) is 10.0 Å². The van der Waals surface area contributed by atoms with Crippen molar-refractivity contribution in [1.29, 1.82) is 0 Å². The van der Waals surface area contributed by atoms with E-state index in [0.717, 1.165) is 4.47 Å². The molecule has 0 amide bonds. The van der Waals surface area contributed by atoms with Crippen LogP contribution >= 0.6 is 15.9 Å². The van der Waals surface area contributed by atoms with Gasteiger partial charge < -0.3 is 4.74 Å². The average Bonchev–Trinajstić information content (AvgIpc) is 2.77. The zero-order valence-electron chi connectivity index (χ0n) is 16.4. The summed E-state index contributed by atoms with van der Waals surface area (Å²) in [4.78, 5) is 17.6. The molecule has 0 heterocycles. The lowest BCUT2D eigenvalue weighted by Crippen LogP contribution is -2.28. The number of benzene rings is 3. The van der Waals surface area contributed by atoms with Gasteiger partial charge in [0.25, 0.3) is 10.0 Å². The van der Waals surface area contributed by atoms with Crippen LogP contribution in [0.15, 0.2) is 91.6 Å². The van der Waals surface area contributed by atoms with Gasteiger partial charge in [-0.2, -0.15) is 12.8 Å². The number of carbonyl (C=O) groups is 1. The molecule has 1 aliphatic carbocycles. The number of carbonyl (C=O) groups excluding carboxylic acids is 1. The summed E-state index contributed by atoms with van der Waals surface area (Å²) in [6.07, 6.45) is -0.0103. The van der Waals surface area contributed by atoms with Gasteiger partial charge >= 0.3 is 0 Å². The first-order valence-corrected chi connectivity index (χ1v) is 11.6. The number of methoxy groups -OCH3 is 1. The van der Waals surface area contributed by atoms with Gasteiger partial charge in [0.1, 0.15) is 11.4 Å². The SMILES string of the molecule is COc1ccccc1N=C1CC(=NS(=O)(=O)c2ccc(Br)cc2)c2ccccc2C1=O. The standard InChI is InChI=1S/C23H17BrN2O4S/c1-30-22-9-5-4-8-19(22)25-21-14-20(17-6-2-3-7-18(17)23(21)27)26-31(28,29)16-12-10-15(24)11-13-16/h2-13H,14H2,1H3. The summed E-state index contributed by atoms with van der Waals surface area (Å²) in [7, 11) is -2.45. The summed E-state index contributed by atoms with van der Waals surface area (Å²) < 4.78 is 36.0. The van der Waals surface area contributed by atoms with Crippen LogP contribution in [0.25, 0.3) is 0 Å². The normalized spacial score (nSPS) is 16.4. The van der Waals surface area contributed by atoms with Crippen molar-refractivity contribution in [1.82, 2.24) is 0 Å². The van der Waals surface area contributed by atoms with Gasteiger partial charge in [0, 0.05) is 22.0 Å². The lowest BCUT2D eigenvalue weighted by molar-refractivity contribution is 0.106. The molecule has 0 saturated heterocycles. The van der Waals surface area contributed by atoms with Gasteiger partial charge in [0.2, 0.25) is 5.78 Å². The monoisotopic (exact) mass is 496 g/mol. The van der Waals surface area contributed by atoms with Crippen molar-refractivity contribution in [3.63, 3.8) is 0 Å². The Hall–Kier alpha value is -3.10. The molecular formula is C23H17BrN2O4S. The van der Waals surface area contributed by atoms with E-state index in [9.17, 15) is 13.2 Å². The van der Waals surface area contributed by atoms with Crippen LogP contribution in [0.2, 0.25) is 0 Å². The van der Waals surface area contributed by atoms with E-state index in [4.69, 9.17) is 4.74 Å². The maximum atomic E-state index is 13.1. The summed E-state index contributed by atoms with van der Waals surface area (Å²) in [5, 5.41) is 0. The number of fused-ring (bicyclic) bond motifs is 1. The molecular weight excluding hydrogens is 480 g/mol. The number of sulfonamides is 1. The lowest BCUT2D eigenvalue weighted by atomic mass is 9.87. The Labute approximate surface area is 188 Å². The van der Waals surface area contributed by atoms with Crippen LogP contribution in [0.5, 0.6) is 5.75 Å². The number of ketones is 1. The van der Waals surface area contributed by atoms with E-state index in [1.807, 2.05) is 0 Å². The molecule has 0 aromatic heterocycles. The van der Waals surface area contributed by atoms with Gasteiger partial charge in [-0.15, -0.1) is 0 Å². The fourth-order valence-electron chi connectivity index (χ4n) is 3.27. The molecule has 0 bridgehead atoms. The molecule has 8 heteroatoms. The Morgan fingerprint density at radius 2 is 1.52 bits per heavy atom.